The van der Waals surface area contributed by atoms with E-state index < -0.39 is 12.2 Å². The summed E-state index contributed by atoms with van der Waals surface area (Å²) in [6, 6.07) is 53.5. The van der Waals surface area contributed by atoms with Crippen LogP contribution in [0.25, 0.3) is 65.2 Å². The van der Waals surface area contributed by atoms with Crippen molar-refractivity contribution < 1.29 is 10.2 Å². The van der Waals surface area contributed by atoms with E-state index in [1.54, 1.807) is 0 Å². The molecule has 0 aliphatic heterocycles. The molecule has 4 nitrogen and oxygen atoms in total. The molecule has 0 spiro atoms. The highest BCUT2D eigenvalue weighted by Crippen LogP contribution is 2.38. The van der Waals surface area contributed by atoms with Crippen LogP contribution in [0.15, 0.2) is 152 Å². The lowest BCUT2D eigenvalue weighted by Crippen LogP contribution is -2.02. The number of aliphatic hydroxyl groups is 2. The third-order valence-electron chi connectivity index (χ3n) is 12.2. The van der Waals surface area contributed by atoms with E-state index in [1.165, 1.54) is 60.3 Å². The molecule has 2 aromatic heterocycles. The summed E-state index contributed by atoms with van der Waals surface area (Å²) in [5.41, 5.74) is 12.1. The Labute approximate surface area is 326 Å². The average molecular weight is 729 g/mol. The van der Waals surface area contributed by atoms with Gasteiger partial charge in [-0.15, -0.1) is 0 Å². The van der Waals surface area contributed by atoms with E-state index in [4.69, 9.17) is 0 Å². The monoisotopic (exact) mass is 728 g/mol. The molecule has 274 valence electrons. The fourth-order valence-electron chi connectivity index (χ4n) is 9.44. The van der Waals surface area contributed by atoms with E-state index in [-0.39, 0.29) is 0 Å². The first kappa shape index (κ1) is 34.3. The minimum absolute atomic E-state index is 0.744. The van der Waals surface area contributed by atoms with E-state index in [1.807, 2.05) is 6.07 Å². The Morgan fingerprint density at radius 2 is 0.893 bits per heavy atom. The van der Waals surface area contributed by atoms with Gasteiger partial charge in [0.25, 0.3) is 0 Å². The highest BCUT2D eigenvalue weighted by atomic mass is 16.3. The van der Waals surface area contributed by atoms with E-state index >= 15 is 0 Å². The minimum Gasteiger partial charge on any atom is -0.384 e. The van der Waals surface area contributed by atoms with Gasteiger partial charge in [-0.05, 0) is 130 Å². The Morgan fingerprint density at radius 1 is 0.429 bits per heavy atom. The molecule has 8 aromatic carbocycles. The standard InChI is InChI=1S/C52H44N2O2/c1-4-53-47-17-11-10-16-41(47)45-30-35(21-26-49(45)53)52(56)43-24-20-34(38-13-7-9-15-40(38)43)28-33-19-25-48-44(29-33)46-31-36(22-27-50(46)54(48)5-2)51(55)42-23-18-32(3)37-12-6-8-14-39(37)42/h6-27,29-31,51-52,55-56H,4-5,28H2,1-3H3/t51-,52?/m1/s1. The largest absolute Gasteiger partial charge is 0.384 e. The van der Waals surface area contributed by atoms with Crippen molar-refractivity contribution >= 4 is 65.2 Å². The van der Waals surface area contributed by atoms with Crippen molar-refractivity contribution in [2.24, 2.45) is 0 Å². The molecule has 0 amide bonds. The summed E-state index contributed by atoms with van der Waals surface area (Å²) in [6.07, 6.45) is -0.751. The van der Waals surface area contributed by atoms with Gasteiger partial charge in [-0.25, -0.2) is 0 Å². The first-order valence-electron chi connectivity index (χ1n) is 19.8. The van der Waals surface area contributed by atoms with Crippen LogP contribution in [0.5, 0.6) is 0 Å². The third-order valence-corrected chi connectivity index (χ3v) is 12.2. The molecule has 2 atom stereocenters. The number of rotatable bonds is 8. The molecule has 10 aromatic rings. The van der Waals surface area contributed by atoms with Crippen molar-refractivity contribution in [1.82, 2.24) is 9.13 Å². The number of aryl methyl sites for hydroxylation is 3. The van der Waals surface area contributed by atoms with Gasteiger partial charge in [0.2, 0.25) is 0 Å². The molecule has 2 heterocycles. The average Bonchev–Trinajstić information content (AvgIpc) is 3.74. The molecule has 0 radical (unpaired) electrons. The second kappa shape index (κ2) is 13.5. The van der Waals surface area contributed by atoms with E-state index in [9.17, 15) is 10.2 Å². The number of para-hydroxylation sites is 1. The molecule has 0 fully saturated rings. The summed E-state index contributed by atoms with van der Waals surface area (Å²) in [7, 11) is 0. The molecule has 0 aliphatic carbocycles. The molecule has 10 rings (SSSR count). The molecule has 4 heteroatoms. The van der Waals surface area contributed by atoms with Crippen LogP contribution in [0.4, 0.5) is 0 Å². The number of hydrogen-bond donors (Lipinski definition) is 2. The Bertz CT molecular complexity index is 3150. The maximum atomic E-state index is 12.0. The van der Waals surface area contributed by atoms with Gasteiger partial charge in [0.05, 0.1) is 0 Å². The minimum atomic E-state index is -0.763. The van der Waals surface area contributed by atoms with Crippen molar-refractivity contribution in [3.05, 3.63) is 191 Å². The summed E-state index contributed by atoms with van der Waals surface area (Å²) >= 11 is 0. The van der Waals surface area contributed by atoms with Crippen LogP contribution in [0.3, 0.4) is 0 Å². The fourth-order valence-corrected chi connectivity index (χ4v) is 9.44. The van der Waals surface area contributed by atoms with Gasteiger partial charge in [0.1, 0.15) is 12.2 Å². The summed E-state index contributed by atoms with van der Waals surface area (Å²) in [4.78, 5) is 0. The first-order chi connectivity index (χ1) is 27.4. The zero-order valence-corrected chi connectivity index (χ0v) is 32.0. The predicted molar refractivity (Wildman–Crippen MR) is 234 cm³/mol. The smallest absolute Gasteiger partial charge is 0.105 e. The lowest BCUT2D eigenvalue weighted by atomic mass is 9.90. The Hall–Kier alpha value is -6.20. The highest BCUT2D eigenvalue weighted by molar-refractivity contribution is 6.09. The number of fused-ring (bicyclic) bond motifs is 8. The highest BCUT2D eigenvalue weighted by Gasteiger charge is 2.20. The molecule has 0 saturated carbocycles. The zero-order valence-electron chi connectivity index (χ0n) is 32.0. The molecular weight excluding hydrogens is 685 g/mol. The molecule has 0 aliphatic rings. The zero-order chi connectivity index (χ0) is 38.1. The van der Waals surface area contributed by atoms with Crippen molar-refractivity contribution in [3.63, 3.8) is 0 Å². The second-order valence-corrected chi connectivity index (χ2v) is 15.3. The van der Waals surface area contributed by atoms with Gasteiger partial charge in [0.15, 0.2) is 0 Å². The number of hydrogen-bond acceptors (Lipinski definition) is 2. The molecule has 0 saturated heterocycles. The van der Waals surface area contributed by atoms with Gasteiger partial charge in [0, 0.05) is 56.7 Å². The number of benzene rings is 8. The summed E-state index contributed by atoms with van der Waals surface area (Å²) < 4.78 is 4.71. The number of nitrogens with zero attached hydrogens (tertiary/aromatic N) is 2. The Kier molecular flexibility index (Phi) is 8.28. The first-order valence-corrected chi connectivity index (χ1v) is 19.8. The summed E-state index contributed by atoms with van der Waals surface area (Å²) in [5.74, 6) is 0. The van der Waals surface area contributed by atoms with Crippen LogP contribution in [0, 0.1) is 6.92 Å². The van der Waals surface area contributed by atoms with Crippen molar-refractivity contribution in [1.29, 1.82) is 0 Å². The van der Waals surface area contributed by atoms with E-state index in [0.29, 0.717) is 0 Å². The number of aliphatic hydroxyl groups excluding tert-OH is 2. The molecule has 56 heavy (non-hydrogen) atoms. The topological polar surface area (TPSA) is 50.3 Å². The van der Waals surface area contributed by atoms with E-state index in [2.05, 4.69) is 175 Å². The van der Waals surface area contributed by atoms with Gasteiger partial charge in [-0.2, -0.15) is 0 Å². The lowest BCUT2D eigenvalue weighted by Gasteiger charge is -2.17. The Morgan fingerprint density at radius 3 is 1.52 bits per heavy atom. The fraction of sp³-hybridized carbons (Fsp3) is 0.154. The lowest BCUT2D eigenvalue weighted by molar-refractivity contribution is 0.222. The normalized spacial score (nSPS) is 13.2. The SMILES string of the molecule is CCn1c2ccccc2c2cc(C(O)c3ccc(Cc4ccc5c(c4)c4cc([C@@H](O)c6ccc(C)c7ccccc67)ccc4n5CC)c4ccccc34)ccc21. The van der Waals surface area contributed by atoms with Crippen LogP contribution in [-0.4, -0.2) is 19.3 Å². The maximum absolute atomic E-state index is 12.0. The predicted octanol–water partition coefficient (Wildman–Crippen LogP) is 12.3. The van der Waals surface area contributed by atoms with Crippen LogP contribution in [0.1, 0.15) is 65.0 Å². The van der Waals surface area contributed by atoms with Crippen LogP contribution in [0.2, 0.25) is 0 Å². The third kappa shape index (κ3) is 5.36. The van der Waals surface area contributed by atoms with Gasteiger partial charge in [-0.1, -0.05) is 109 Å². The number of aromatic nitrogens is 2. The Balaban J connectivity index is 1.02. The van der Waals surface area contributed by atoms with Gasteiger partial charge in [-0.3, -0.25) is 0 Å². The van der Waals surface area contributed by atoms with Crippen LogP contribution < -0.4 is 0 Å². The van der Waals surface area contributed by atoms with Gasteiger partial charge < -0.3 is 19.3 Å². The van der Waals surface area contributed by atoms with Crippen molar-refractivity contribution in [3.8, 4) is 0 Å². The van der Waals surface area contributed by atoms with Crippen molar-refractivity contribution in [2.75, 3.05) is 0 Å². The van der Waals surface area contributed by atoms with Gasteiger partial charge >= 0.3 is 0 Å². The molecule has 0 bridgehead atoms. The van der Waals surface area contributed by atoms with Crippen LogP contribution >= 0.6 is 0 Å². The molecule has 1 unspecified atom stereocenters. The van der Waals surface area contributed by atoms with Crippen molar-refractivity contribution in [2.45, 2.75) is 52.5 Å². The summed E-state index contributed by atoms with van der Waals surface area (Å²) in [5, 5.41) is 33.0. The molecule has 2 N–H and O–H groups in total. The van der Waals surface area contributed by atoms with Crippen LogP contribution in [-0.2, 0) is 19.5 Å². The second-order valence-electron chi connectivity index (χ2n) is 15.3. The maximum Gasteiger partial charge on any atom is 0.105 e. The molecular formula is C52H44N2O2. The van der Waals surface area contributed by atoms with E-state index in [0.717, 1.165) is 63.3 Å². The summed E-state index contributed by atoms with van der Waals surface area (Å²) in [6.45, 7) is 8.24. The quantitative estimate of drug-likeness (QED) is 0.164.